The molecule has 3 aromatic rings. The van der Waals surface area contributed by atoms with Gasteiger partial charge in [0.1, 0.15) is 11.6 Å². The highest BCUT2D eigenvalue weighted by Gasteiger charge is 2.07. The van der Waals surface area contributed by atoms with E-state index < -0.39 is 11.7 Å². The van der Waals surface area contributed by atoms with Gasteiger partial charge in [0.15, 0.2) is 0 Å². The molecule has 24 heavy (non-hydrogen) atoms. The lowest BCUT2D eigenvalue weighted by Crippen LogP contribution is -2.12. The Morgan fingerprint density at radius 1 is 1.00 bits per heavy atom. The highest BCUT2D eigenvalue weighted by molar-refractivity contribution is 6.30. The number of amides is 1. The molecule has 0 aliphatic rings. The van der Waals surface area contributed by atoms with Crippen molar-refractivity contribution in [3.8, 4) is 0 Å². The van der Waals surface area contributed by atoms with Crippen LogP contribution in [0.4, 0.5) is 21.6 Å². The summed E-state index contributed by atoms with van der Waals surface area (Å²) in [7, 11) is 0. The molecular weight excluding hydrogens is 329 g/mol. The van der Waals surface area contributed by atoms with Crippen LogP contribution in [0.1, 0.15) is 10.4 Å². The second kappa shape index (κ2) is 7.10. The van der Waals surface area contributed by atoms with Gasteiger partial charge in [0.25, 0.3) is 5.91 Å². The number of carbonyl (C=O) groups excluding carboxylic acids is 1. The third-order valence-electron chi connectivity index (χ3n) is 3.21. The second-order valence-electron chi connectivity index (χ2n) is 5.03. The van der Waals surface area contributed by atoms with E-state index in [1.165, 1.54) is 24.4 Å². The number of hydrogen-bond acceptors (Lipinski definition) is 3. The molecular formula is C18H13ClFN3O. The Labute approximate surface area is 143 Å². The van der Waals surface area contributed by atoms with Crippen molar-refractivity contribution in [2.75, 3.05) is 10.6 Å². The lowest BCUT2D eigenvalue weighted by atomic mass is 10.2. The van der Waals surface area contributed by atoms with Crippen LogP contribution in [-0.4, -0.2) is 10.9 Å². The number of halogens is 2. The first-order valence-corrected chi connectivity index (χ1v) is 7.53. The van der Waals surface area contributed by atoms with E-state index in [-0.39, 0.29) is 5.56 Å². The largest absolute Gasteiger partial charge is 0.340 e. The minimum atomic E-state index is -0.457. The number of carbonyl (C=O) groups is 1. The van der Waals surface area contributed by atoms with Crippen molar-refractivity contribution in [3.05, 3.63) is 83.3 Å². The van der Waals surface area contributed by atoms with Crippen molar-refractivity contribution in [1.29, 1.82) is 0 Å². The molecule has 1 heterocycles. The third kappa shape index (κ3) is 4.08. The van der Waals surface area contributed by atoms with E-state index in [0.29, 0.717) is 16.5 Å². The number of aromatic nitrogens is 1. The van der Waals surface area contributed by atoms with E-state index in [1.807, 2.05) is 12.1 Å². The number of benzene rings is 2. The van der Waals surface area contributed by atoms with Crippen LogP contribution in [0.3, 0.4) is 0 Å². The molecule has 1 aromatic heterocycles. The molecule has 2 N–H and O–H groups in total. The maximum Gasteiger partial charge on any atom is 0.255 e. The Balaban J connectivity index is 1.67. The smallest absolute Gasteiger partial charge is 0.255 e. The van der Waals surface area contributed by atoms with Gasteiger partial charge < -0.3 is 10.6 Å². The number of rotatable bonds is 4. The summed E-state index contributed by atoms with van der Waals surface area (Å²) in [6.45, 7) is 0. The van der Waals surface area contributed by atoms with Crippen molar-refractivity contribution >= 4 is 34.7 Å². The van der Waals surface area contributed by atoms with Crippen molar-refractivity contribution in [2.24, 2.45) is 0 Å². The molecule has 3 rings (SSSR count). The van der Waals surface area contributed by atoms with Gasteiger partial charge in [-0.3, -0.25) is 4.79 Å². The molecule has 2 aromatic carbocycles. The van der Waals surface area contributed by atoms with Crippen LogP contribution in [-0.2, 0) is 0 Å². The molecule has 1 amide bonds. The third-order valence-corrected chi connectivity index (χ3v) is 3.44. The highest BCUT2D eigenvalue weighted by atomic mass is 35.5. The van der Waals surface area contributed by atoms with Gasteiger partial charge >= 0.3 is 0 Å². The maximum absolute atomic E-state index is 13.1. The fourth-order valence-corrected chi connectivity index (χ4v) is 2.28. The Hall–Kier alpha value is -2.92. The zero-order chi connectivity index (χ0) is 16.9. The normalized spacial score (nSPS) is 10.2. The van der Waals surface area contributed by atoms with Crippen LogP contribution in [0.2, 0.25) is 5.02 Å². The van der Waals surface area contributed by atoms with Gasteiger partial charge in [-0.15, -0.1) is 0 Å². The Kier molecular flexibility index (Phi) is 4.72. The van der Waals surface area contributed by atoms with E-state index in [1.54, 1.807) is 30.3 Å². The van der Waals surface area contributed by atoms with E-state index >= 15 is 0 Å². The van der Waals surface area contributed by atoms with Gasteiger partial charge in [0.2, 0.25) is 0 Å². The summed E-state index contributed by atoms with van der Waals surface area (Å²) in [5.74, 6) is -0.241. The molecule has 0 aliphatic heterocycles. The Morgan fingerprint density at radius 3 is 2.54 bits per heavy atom. The number of nitrogens with one attached hydrogen (secondary N) is 2. The van der Waals surface area contributed by atoms with Gasteiger partial charge in [0, 0.05) is 16.3 Å². The van der Waals surface area contributed by atoms with Crippen LogP contribution in [0, 0.1) is 5.82 Å². The average molecular weight is 342 g/mol. The zero-order valence-electron chi connectivity index (χ0n) is 12.5. The monoisotopic (exact) mass is 341 g/mol. The number of anilines is 3. The highest BCUT2D eigenvalue weighted by Crippen LogP contribution is 2.20. The zero-order valence-corrected chi connectivity index (χ0v) is 13.2. The van der Waals surface area contributed by atoms with Crippen LogP contribution in [0.15, 0.2) is 66.9 Å². The summed E-state index contributed by atoms with van der Waals surface area (Å²) in [5.41, 5.74) is 1.57. The van der Waals surface area contributed by atoms with Gasteiger partial charge in [-0.05, 0) is 48.5 Å². The van der Waals surface area contributed by atoms with Crippen LogP contribution >= 0.6 is 11.6 Å². The first-order valence-electron chi connectivity index (χ1n) is 7.16. The minimum absolute atomic E-state index is 0.246. The SMILES string of the molecule is O=C(Nc1ccc(Nc2cccc(Cl)c2)nc1)c1cccc(F)c1. The van der Waals surface area contributed by atoms with Gasteiger partial charge in [-0.2, -0.15) is 0 Å². The van der Waals surface area contributed by atoms with Gasteiger partial charge in [0.05, 0.1) is 11.9 Å². The molecule has 0 atom stereocenters. The van der Waals surface area contributed by atoms with Gasteiger partial charge in [-0.1, -0.05) is 23.7 Å². The second-order valence-corrected chi connectivity index (χ2v) is 5.47. The van der Waals surface area contributed by atoms with E-state index in [0.717, 1.165) is 5.69 Å². The van der Waals surface area contributed by atoms with E-state index in [9.17, 15) is 9.18 Å². The average Bonchev–Trinajstić information content (AvgIpc) is 2.57. The molecule has 120 valence electrons. The standard InChI is InChI=1S/C18H13ClFN3O/c19-13-4-2-6-15(10-13)22-17-8-7-16(11-21-17)23-18(24)12-3-1-5-14(20)9-12/h1-11H,(H,21,22)(H,23,24). The van der Waals surface area contributed by atoms with E-state index in [4.69, 9.17) is 11.6 Å². The minimum Gasteiger partial charge on any atom is -0.340 e. The molecule has 0 saturated heterocycles. The lowest BCUT2D eigenvalue weighted by molar-refractivity contribution is 0.102. The summed E-state index contributed by atoms with van der Waals surface area (Å²) in [6, 6.07) is 16.2. The number of nitrogens with zero attached hydrogens (tertiary/aromatic N) is 1. The van der Waals surface area contributed by atoms with Crippen molar-refractivity contribution in [3.63, 3.8) is 0 Å². The maximum atomic E-state index is 13.1. The Bertz CT molecular complexity index is 868. The predicted octanol–water partition coefficient (Wildman–Crippen LogP) is 4.87. The molecule has 0 unspecified atom stereocenters. The summed E-state index contributed by atoms with van der Waals surface area (Å²) in [5, 5.41) is 6.40. The van der Waals surface area contributed by atoms with E-state index in [2.05, 4.69) is 15.6 Å². The molecule has 0 saturated carbocycles. The Morgan fingerprint density at radius 2 is 1.83 bits per heavy atom. The lowest BCUT2D eigenvalue weighted by Gasteiger charge is -2.08. The summed E-state index contributed by atoms with van der Waals surface area (Å²) in [6.07, 6.45) is 1.52. The van der Waals surface area contributed by atoms with Crippen LogP contribution < -0.4 is 10.6 Å². The molecule has 4 nitrogen and oxygen atoms in total. The fraction of sp³-hybridized carbons (Fsp3) is 0. The summed E-state index contributed by atoms with van der Waals surface area (Å²) < 4.78 is 13.1. The van der Waals surface area contributed by atoms with Crippen LogP contribution in [0.25, 0.3) is 0 Å². The molecule has 0 fully saturated rings. The van der Waals surface area contributed by atoms with Crippen LogP contribution in [0.5, 0.6) is 0 Å². The fourth-order valence-electron chi connectivity index (χ4n) is 2.09. The molecule has 0 radical (unpaired) electrons. The first kappa shape index (κ1) is 16.0. The molecule has 0 aliphatic carbocycles. The quantitative estimate of drug-likeness (QED) is 0.711. The summed E-state index contributed by atoms with van der Waals surface area (Å²) >= 11 is 5.93. The summed E-state index contributed by atoms with van der Waals surface area (Å²) in [4.78, 5) is 16.3. The predicted molar refractivity (Wildman–Crippen MR) is 93.3 cm³/mol. The first-order chi connectivity index (χ1) is 11.6. The number of pyridine rings is 1. The topological polar surface area (TPSA) is 54.0 Å². The molecule has 0 bridgehead atoms. The molecule has 6 heteroatoms. The van der Waals surface area contributed by atoms with Crippen molar-refractivity contribution in [1.82, 2.24) is 4.98 Å². The van der Waals surface area contributed by atoms with Crippen molar-refractivity contribution in [2.45, 2.75) is 0 Å². The molecule has 0 spiro atoms. The van der Waals surface area contributed by atoms with Crippen molar-refractivity contribution < 1.29 is 9.18 Å². The number of hydrogen-bond donors (Lipinski definition) is 2. The van der Waals surface area contributed by atoms with Gasteiger partial charge in [-0.25, -0.2) is 9.37 Å².